The van der Waals surface area contributed by atoms with E-state index in [4.69, 9.17) is 9.84 Å². The van der Waals surface area contributed by atoms with Crippen LogP contribution in [0.5, 0.6) is 0 Å². The molecular formula is C14H16N2O6S. The van der Waals surface area contributed by atoms with E-state index >= 15 is 0 Å². The van der Waals surface area contributed by atoms with Gasteiger partial charge in [0.15, 0.2) is 0 Å². The lowest BCUT2D eigenvalue weighted by atomic mass is 10.3. The zero-order valence-corrected chi connectivity index (χ0v) is 13.0. The Hall–Kier alpha value is -2.23. The van der Waals surface area contributed by atoms with Crippen molar-refractivity contribution in [2.75, 3.05) is 31.6 Å². The van der Waals surface area contributed by atoms with E-state index in [0.29, 0.717) is 38.1 Å². The summed E-state index contributed by atoms with van der Waals surface area (Å²) in [5, 5.41) is 10.9. The van der Waals surface area contributed by atoms with Gasteiger partial charge >= 0.3 is 5.97 Å². The molecule has 0 bridgehead atoms. The van der Waals surface area contributed by atoms with Crippen molar-refractivity contribution in [2.24, 2.45) is 0 Å². The number of carboxylic acid groups (broad SMARTS) is 1. The molecule has 0 aliphatic carbocycles. The van der Waals surface area contributed by atoms with Gasteiger partial charge in [0.05, 0.1) is 18.1 Å². The molecule has 1 aromatic carbocycles. The predicted octanol–water partition coefficient (Wildman–Crippen LogP) is 0.287. The Morgan fingerprint density at radius 3 is 2.30 bits per heavy atom. The van der Waals surface area contributed by atoms with Gasteiger partial charge in [-0.25, -0.2) is 13.2 Å². The highest BCUT2D eigenvalue weighted by molar-refractivity contribution is 7.89. The third-order valence-electron chi connectivity index (χ3n) is 3.11. The topological polar surface area (TPSA) is 113 Å². The maximum atomic E-state index is 12.4. The summed E-state index contributed by atoms with van der Waals surface area (Å²) in [5.41, 5.74) is 0.367. The highest BCUT2D eigenvalue weighted by Crippen LogP contribution is 2.19. The fraction of sp³-hybridized carbons (Fsp3) is 0.286. The quantitative estimate of drug-likeness (QED) is 0.745. The number of anilines is 1. The number of nitrogens with zero attached hydrogens (tertiary/aromatic N) is 1. The van der Waals surface area contributed by atoms with Gasteiger partial charge in [0.2, 0.25) is 15.9 Å². The molecule has 2 N–H and O–H groups in total. The highest BCUT2D eigenvalue weighted by atomic mass is 32.2. The van der Waals surface area contributed by atoms with Crippen LogP contribution >= 0.6 is 0 Å². The third-order valence-corrected chi connectivity index (χ3v) is 5.02. The Morgan fingerprint density at radius 1 is 1.13 bits per heavy atom. The predicted molar refractivity (Wildman–Crippen MR) is 81.4 cm³/mol. The molecule has 0 saturated carbocycles. The van der Waals surface area contributed by atoms with Crippen molar-refractivity contribution >= 4 is 27.6 Å². The first kappa shape index (κ1) is 17.1. The number of carbonyl (C=O) groups is 2. The van der Waals surface area contributed by atoms with Gasteiger partial charge in [-0.3, -0.25) is 4.79 Å². The van der Waals surface area contributed by atoms with Gasteiger partial charge in [0.25, 0.3) is 0 Å². The van der Waals surface area contributed by atoms with E-state index in [1.807, 2.05) is 0 Å². The van der Waals surface area contributed by atoms with Crippen LogP contribution in [0.2, 0.25) is 0 Å². The Labute approximate surface area is 133 Å². The molecule has 1 saturated heterocycles. The Morgan fingerprint density at radius 2 is 1.74 bits per heavy atom. The number of hydrogen-bond donors (Lipinski definition) is 2. The Bertz CT molecular complexity index is 705. The van der Waals surface area contributed by atoms with Crippen LogP contribution in [-0.2, 0) is 24.3 Å². The highest BCUT2D eigenvalue weighted by Gasteiger charge is 2.26. The van der Waals surface area contributed by atoms with Gasteiger partial charge in [0.1, 0.15) is 0 Å². The lowest BCUT2D eigenvalue weighted by molar-refractivity contribution is -0.131. The number of carbonyl (C=O) groups excluding carboxylic acids is 1. The first-order valence-electron chi connectivity index (χ1n) is 6.79. The molecule has 23 heavy (non-hydrogen) atoms. The summed E-state index contributed by atoms with van der Waals surface area (Å²) in [5.74, 6) is -1.84. The molecule has 1 aliphatic rings. The van der Waals surface area contributed by atoms with Crippen LogP contribution in [0.15, 0.2) is 41.3 Å². The van der Waals surface area contributed by atoms with Crippen molar-refractivity contribution in [1.82, 2.24) is 4.31 Å². The number of aliphatic carboxylic acids is 1. The molecule has 0 unspecified atom stereocenters. The average Bonchev–Trinajstić information content (AvgIpc) is 2.54. The van der Waals surface area contributed by atoms with Crippen molar-refractivity contribution in [3.63, 3.8) is 0 Å². The summed E-state index contributed by atoms with van der Waals surface area (Å²) in [7, 11) is -3.58. The number of morpholine rings is 1. The summed E-state index contributed by atoms with van der Waals surface area (Å²) >= 11 is 0. The zero-order valence-electron chi connectivity index (χ0n) is 12.1. The minimum atomic E-state index is -3.58. The number of carboxylic acids is 1. The number of benzene rings is 1. The summed E-state index contributed by atoms with van der Waals surface area (Å²) in [4.78, 5) is 21.9. The van der Waals surface area contributed by atoms with Crippen LogP contribution in [0, 0.1) is 0 Å². The lowest BCUT2D eigenvalue weighted by Crippen LogP contribution is -2.40. The summed E-state index contributed by atoms with van der Waals surface area (Å²) in [6.07, 6.45) is 1.59. The van der Waals surface area contributed by atoms with Crippen LogP contribution in [0.25, 0.3) is 0 Å². The number of sulfonamides is 1. The molecule has 124 valence electrons. The van der Waals surface area contributed by atoms with Crippen LogP contribution in [0.1, 0.15) is 0 Å². The fourth-order valence-electron chi connectivity index (χ4n) is 1.98. The molecule has 1 amide bonds. The molecule has 2 rings (SSSR count). The number of nitrogens with one attached hydrogen (secondary N) is 1. The standard InChI is InChI=1S/C14H16N2O6S/c17-13(5-6-14(18)19)15-11-1-3-12(4-2-11)23(20,21)16-7-9-22-10-8-16/h1-6H,7-10H2,(H,15,17)(H,18,19). The van der Waals surface area contributed by atoms with Gasteiger partial charge in [-0.15, -0.1) is 0 Å². The number of amides is 1. The molecule has 0 radical (unpaired) electrons. The van der Waals surface area contributed by atoms with Gasteiger partial charge in [-0.05, 0) is 24.3 Å². The fourth-order valence-corrected chi connectivity index (χ4v) is 3.39. The number of rotatable bonds is 5. The van der Waals surface area contributed by atoms with Crippen LogP contribution < -0.4 is 5.32 Å². The van der Waals surface area contributed by atoms with Gasteiger partial charge in [-0.2, -0.15) is 4.31 Å². The smallest absolute Gasteiger partial charge is 0.328 e. The molecule has 0 spiro atoms. The molecule has 1 fully saturated rings. The number of ether oxygens (including phenoxy) is 1. The normalized spacial score (nSPS) is 16.3. The Balaban J connectivity index is 2.07. The Kier molecular flexibility index (Phi) is 5.48. The average molecular weight is 340 g/mol. The molecule has 0 aromatic heterocycles. The van der Waals surface area contributed by atoms with Gasteiger partial charge < -0.3 is 15.2 Å². The molecular weight excluding hydrogens is 324 g/mol. The van der Waals surface area contributed by atoms with E-state index in [2.05, 4.69) is 5.32 Å². The minimum Gasteiger partial charge on any atom is -0.478 e. The lowest BCUT2D eigenvalue weighted by Gasteiger charge is -2.26. The van der Waals surface area contributed by atoms with Crippen molar-refractivity contribution in [2.45, 2.75) is 4.90 Å². The van der Waals surface area contributed by atoms with E-state index < -0.39 is 21.9 Å². The monoisotopic (exact) mass is 340 g/mol. The molecule has 0 atom stereocenters. The maximum absolute atomic E-state index is 12.4. The van der Waals surface area contributed by atoms with E-state index in [9.17, 15) is 18.0 Å². The van der Waals surface area contributed by atoms with E-state index in [0.717, 1.165) is 6.08 Å². The van der Waals surface area contributed by atoms with E-state index in [1.54, 1.807) is 0 Å². The summed E-state index contributed by atoms with van der Waals surface area (Å²) in [6.45, 7) is 1.34. The van der Waals surface area contributed by atoms with Crippen molar-refractivity contribution in [3.8, 4) is 0 Å². The van der Waals surface area contributed by atoms with Crippen LogP contribution in [0.4, 0.5) is 5.69 Å². The SMILES string of the molecule is O=C(O)C=CC(=O)Nc1ccc(S(=O)(=O)N2CCOCC2)cc1. The molecule has 1 heterocycles. The summed E-state index contributed by atoms with van der Waals surface area (Å²) in [6, 6.07) is 5.67. The van der Waals surface area contributed by atoms with Gasteiger partial charge in [-0.1, -0.05) is 0 Å². The second-order valence-corrected chi connectivity index (χ2v) is 6.64. The third kappa shape index (κ3) is 4.62. The first-order valence-corrected chi connectivity index (χ1v) is 8.23. The largest absolute Gasteiger partial charge is 0.478 e. The van der Waals surface area contributed by atoms with Crippen molar-refractivity contribution in [1.29, 1.82) is 0 Å². The minimum absolute atomic E-state index is 0.124. The molecule has 1 aromatic rings. The molecule has 8 nitrogen and oxygen atoms in total. The number of hydrogen-bond acceptors (Lipinski definition) is 5. The van der Waals surface area contributed by atoms with Crippen molar-refractivity contribution in [3.05, 3.63) is 36.4 Å². The van der Waals surface area contributed by atoms with Crippen LogP contribution in [-0.4, -0.2) is 56.0 Å². The van der Waals surface area contributed by atoms with Crippen LogP contribution in [0.3, 0.4) is 0 Å². The summed E-state index contributed by atoms with van der Waals surface area (Å²) < 4.78 is 31.3. The van der Waals surface area contributed by atoms with Gasteiger partial charge in [0, 0.05) is 30.9 Å². The van der Waals surface area contributed by atoms with E-state index in [-0.39, 0.29) is 4.90 Å². The van der Waals surface area contributed by atoms with Crippen molar-refractivity contribution < 1.29 is 27.9 Å². The molecule has 1 aliphatic heterocycles. The maximum Gasteiger partial charge on any atom is 0.328 e. The van der Waals surface area contributed by atoms with E-state index in [1.165, 1.54) is 28.6 Å². The second-order valence-electron chi connectivity index (χ2n) is 4.70. The molecule has 9 heteroatoms. The zero-order chi connectivity index (χ0) is 16.9. The second kappa shape index (κ2) is 7.36. The first-order chi connectivity index (χ1) is 10.9.